The van der Waals surface area contributed by atoms with Crippen molar-refractivity contribution in [3.63, 3.8) is 0 Å². The van der Waals surface area contributed by atoms with Crippen LogP contribution in [0.1, 0.15) is 18.4 Å². The van der Waals surface area contributed by atoms with Gasteiger partial charge in [-0.3, -0.25) is 4.98 Å². The van der Waals surface area contributed by atoms with Gasteiger partial charge in [0, 0.05) is 48.7 Å². The van der Waals surface area contributed by atoms with E-state index in [1.807, 2.05) is 61.5 Å². The Kier molecular flexibility index (Phi) is 6.33. The van der Waals surface area contributed by atoms with Crippen molar-refractivity contribution in [1.82, 2.24) is 20.3 Å². The lowest BCUT2D eigenvalue weighted by Crippen LogP contribution is -2.42. The number of amides is 2. The molecule has 3 heterocycles. The van der Waals surface area contributed by atoms with Crippen LogP contribution >= 0.6 is 0 Å². The molecule has 34 heavy (non-hydrogen) atoms. The zero-order chi connectivity index (χ0) is 23.3. The molecule has 0 spiro atoms. The minimum atomic E-state index is -0.174. The normalized spacial score (nSPS) is 15.8. The van der Waals surface area contributed by atoms with Gasteiger partial charge in [-0.2, -0.15) is 0 Å². The summed E-state index contributed by atoms with van der Waals surface area (Å²) in [6.45, 7) is 4.41. The third-order valence-electron chi connectivity index (χ3n) is 6.18. The highest BCUT2D eigenvalue weighted by atomic mass is 16.2. The van der Waals surface area contributed by atoms with Gasteiger partial charge in [-0.15, -0.1) is 0 Å². The van der Waals surface area contributed by atoms with Crippen LogP contribution in [0.25, 0.3) is 22.3 Å². The molecule has 2 N–H and O–H groups in total. The van der Waals surface area contributed by atoms with Gasteiger partial charge >= 0.3 is 6.03 Å². The molecule has 2 aromatic heterocycles. The molecule has 0 saturated carbocycles. The minimum absolute atomic E-state index is 0.174. The van der Waals surface area contributed by atoms with Crippen molar-refractivity contribution in [2.24, 2.45) is 5.92 Å². The van der Waals surface area contributed by atoms with Gasteiger partial charge in [-0.1, -0.05) is 29.8 Å². The summed E-state index contributed by atoms with van der Waals surface area (Å²) in [5.74, 6) is 1.96. The van der Waals surface area contributed by atoms with Crippen molar-refractivity contribution in [1.29, 1.82) is 0 Å². The zero-order valence-corrected chi connectivity index (χ0v) is 19.2. The number of carbonyl (C=O) groups excluding carboxylic acids is 1. The minimum Gasteiger partial charge on any atom is -0.356 e. The Morgan fingerprint density at radius 3 is 2.74 bits per heavy atom. The molecule has 5 rings (SSSR count). The number of nitrogens with zero attached hydrogens (tertiary/aromatic N) is 4. The maximum Gasteiger partial charge on any atom is 0.319 e. The number of para-hydroxylation sites is 1. The van der Waals surface area contributed by atoms with Crippen LogP contribution in [0.15, 0.2) is 73.1 Å². The standard InChI is InChI=1S/C27H28N6O/c1-19-10-12-22(13-11-19)30-27(34)29-16-20-6-5-15-33(18-20)26-23-8-2-3-9-24(23)31-25(32-26)21-7-4-14-28-17-21/h2-4,7-14,17,20H,5-6,15-16,18H2,1H3,(H2,29,30,34). The summed E-state index contributed by atoms with van der Waals surface area (Å²) in [5.41, 5.74) is 3.78. The first-order valence-electron chi connectivity index (χ1n) is 11.7. The van der Waals surface area contributed by atoms with E-state index in [9.17, 15) is 4.79 Å². The summed E-state index contributed by atoms with van der Waals surface area (Å²) in [4.78, 5) is 28.7. The molecule has 2 amide bonds. The number of aryl methyl sites for hydroxylation is 1. The fraction of sp³-hybridized carbons (Fsp3) is 0.259. The molecule has 4 aromatic rings. The number of rotatable bonds is 5. The summed E-state index contributed by atoms with van der Waals surface area (Å²) in [7, 11) is 0. The average Bonchev–Trinajstić information content (AvgIpc) is 2.89. The molecule has 1 aliphatic heterocycles. The number of anilines is 2. The largest absolute Gasteiger partial charge is 0.356 e. The molecule has 2 aromatic carbocycles. The zero-order valence-electron chi connectivity index (χ0n) is 19.2. The molecule has 1 atom stereocenters. The Balaban J connectivity index is 1.31. The smallest absolute Gasteiger partial charge is 0.319 e. The summed E-state index contributed by atoms with van der Waals surface area (Å²) < 4.78 is 0. The highest BCUT2D eigenvalue weighted by Crippen LogP contribution is 2.30. The maximum absolute atomic E-state index is 12.4. The molecule has 0 aliphatic carbocycles. The van der Waals surface area contributed by atoms with E-state index in [4.69, 9.17) is 9.97 Å². The Bertz CT molecular complexity index is 1280. The molecule has 1 saturated heterocycles. The van der Waals surface area contributed by atoms with E-state index in [0.717, 1.165) is 59.5 Å². The van der Waals surface area contributed by atoms with Crippen molar-refractivity contribution in [3.8, 4) is 11.4 Å². The average molecular weight is 453 g/mol. The summed E-state index contributed by atoms with van der Waals surface area (Å²) in [6.07, 6.45) is 5.67. The van der Waals surface area contributed by atoms with Crippen molar-refractivity contribution < 1.29 is 4.79 Å². The van der Waals surface area contributed by atoms with Crippen LogP contribution in [0.3, 0.4) is 0 Å². The van der Waals surface area contributed by atoms with Gasteiger partial charge in [0.1, 0.15) is 5.82 Å². The number of piperidine rings is 1. The third-order valence-corrected chi connectivity index (χ3v) is 6.18. The molecule has 0 bridgehead atoms. The number of urea groups is 1. The van der Waals surface area contributed by atoms with Crippen LogP contribution in [0.4, 0.5) is 16.3 Å². The number of carbonyl (C=O) groups is 1. The highest BCUT2D eigenvalue weighted by molar-refractivity contribution is 5.91. The van der Waals surface area contributed by atoms with E-state index in [2.05, 4.69) is 26.6 Å². The SMILES string of the molecule is Cc1ccc(NC(=O)NCC2CCCN(c3nc(-c4cccnc4)nc4ccccc34)C2)cc1. The van der Waals surface area contributed by atoms with E-state index >= 15 is 0 Å². The van der Waals surface area contributed by atoms with E-state index in [-0.39, 0.29) is 6.03 Å². The molecule has 1 aliphatic rings. The molecule has 1 fully saturated rings. The van der Waals surface area contributed by atoms with Crippen molar-refractivity contribution in [2.75, 3.05) is 29.9 Å². The predicted molar refractivity (Wildman–Crippen MR) is 136 cm³/mol. The van der Waals surface area contributed by atoms with Crippen molar-refractivity contribution in [2.45, 2.75) is 19.8 Å². The molecule has 7 heteroatoms. The maximum atomic E-state index is 12.4. The lowest BCUT2D eigenvalue weighted by Gasteiger charge is -2.34. The van der Waals surface area contributed by atoms with Crippen LogP contribution in [0.5, 0.6) is 0 Å². The first-order chi connectivity index (χ1) is 16.7. The second-order valence-corrected chi connectivity index (χ2v) is 8.78. The van der Waals surface area contributed by atoms with Gasteiger partial charge in [0.05, 0.1) is 5.52 Å². The summed E-state index contributed by atoms with van der Waals surface area (Å²) in [5, 5.41) is 7.00. The monoisotopic (exact) mass is 452 g/mol. The predicted octanol–water partition coefficient (Wildman–Crippen LogP) is 5.04. The fourth-order valence-electron chi connectivity index (χ4n) is 4.40. The Morgan fingerprint density at radius 1 is 1.06 bits per heavy atom. The van der Waals surface area contributed by atoms with Crippen LogP contribution in [-0.4, -0.2) is 40.6 Å². The Hall–Kier alpha value is -4.00. The Morgan fingerprint density at radius 2 is 1.91 bits per heavy atom. The number of aromatic nitrogens is 3. The van der Waals surface area contributed by atoms with Gasteiger partial charge in [-0.25, -0.2) is 14.8 Å². The van der Waals surface area contributed by atoms with Crippen molar-refractivity contribution in [3.05, 3.63) is 78.6 Å². The fourth-order valence-corrected chi connectivity index (χ4v) is 4.40. The van der Waals surface area contributed by atoms with Gasteiger partial charge in [0.25, 0.3) is 0 Å². The number of fused-ring (bicyclic) bond motifs is 1. The molecule has 172 valence electrons. The van der Waals surface area contributed by atoms with Crippen LogP contribution in [0.2, 0.25) is 0 Å². The quantitative estimate of drug-likeness (QED) is 0.443. The number of hydrogen-bond acceptors (Lipinski definition) is 5. The number of pyridine rings is 1. The van der Waals surface area contributed by atoms with E-state index < -0.39 is 0 Å². The molecular weight excluding hydrogens is 424 g/mol. The number of hydrogen-bond donors (Lipinski definition) is 2. The third kappa shape index (κ3) is 4.98. The first kappa shape index (κ1) is 21.8. The van der Waals surface area contributed by atoms with Crippen molar-refractivity contribution >= 4 is 28.4 Å². The van der Waals surface area contributed by atoms with Gasteiger partial charge in [-0.05, 0) is 62.1 Å². The highest BCUT2D eigenvalue weighted by Gasteiger charge is 2.24. The summed E-state index contributed by atoms with van der Waals surface area (Å²) >= 11 is 0. The Labute approximate surface area is 199 Å². The lowest BCUT2D eigenvalue weighted by atomic mass is 9.97. The molecular formula is C27H28N6O. The van der Waals surface area contributed by atoms with E-state index in [1.165, 1.54) is 0 Å². The van der Waals surface area contributed by atoms with Crippen LogP contribution in [-0.2, 0) is 0 Å². The molecule has 7 nitrogen and oxygen atoms in total. The molecule has 1 unspecified atom stereocenters. The number of benzene rings is 2. The second-order valence-electron chi connectivity index (χ2n) is 8.78. The molecule has 0 radical (unpaired) electrons. The van der Waals surface area contributed by atoms with E-state index in [0.29, 0.717) is 18.3 Å². The van der Waals surface area contributed by atoms with Gasteiger partial charge < -0.3 is 15.5 Å². The van der Waals surface area contributed by atoms with Gasteiger partial charge in [0.15, 0.2) is 5.82 Å². The van der Waals surface area contributed by atoms with E-state index in [1.54, 1.807) is 12.4 Å². The topological polar surface area (TPSA) is 83.0 Å². The first-order valence-corrected chi connectivity index (χ1v) is 11.7. The van der Waals surface area contributed by atoms with Crippen LogP contribution in [0, 0.1) is 12.8 Å². The summed E-state index contributed by atoms with van der Waals surface area (Å²) in [6, 6.07) is 19.6. The lowest BCUT2D eigenvalue weighted by molar-refractivity contribution is 0.249. The van der Waals surface area contributed by atoms with Crippen LogP contribution < -0.4 is 15.5 Å². The second kappa shape index (κ2) is 9.87. The van der Waals surface area contributed by atoms with Gasteiger partial charge in [0.2, 0.25) is 0 Å². The number of nitrogens with one attached hydrogen (secondary N) is 2.